The molecule has 344 valence electrons. The number of allylic oxidation sites excluding steroid dienone is 1. The second-order valence-electron chi connectivity index (χ2n) is 18.9. The van der Waals surface area contributed by atoms with E-state index >= 15 is 0 Å². The number of carbonyl (C=O) groups is 2. The third-order valence-electron chi connectivity index (χ3n) is 11.6. The summed E-state index contributed by atoms with van der Waals surface area (Å²) >= 11 is 0. The summed E-state index contributed by atoms with van der Waals surface area (Å²) in [6.45, 7) is 17.0. The number of carboxylic acid groups (broad SMARTS) is 1. The van der Waals surface area contributed by atoms with Gasteiger partial charge in [0, 0.05) is 31.9 Å². The first kappa shape index (κ1) is 52.7. The number of ether oxygens (including phenoxy) is 3. The molecule has 3 aromatic rings. The van der Waals surface area contributed by atoms with E-state index < -0.39 is 43.2 Å². The molecule has 0 saturated carbocycles. The van der Waals surface area contributed by atoms with Crippen LogP contribution in [0, 0.1) is 5.92 Å². The first-order chi connectivity index (χ1) is 29.4. The van der Waals surface area contributed by atoms with Crippen LogP contribution in [0.3, 0.4) is 0 Å². The predicted octanol–water partition coefficient (Wildman–Crippen LogP) is 10.4. The first-order valence-corrected chi connectivity index (χ1v) is 25.0. The second-order valence-corrected chi connectivity index (χ2v) is 23.2. The van der Waals surface area contributed by atoms with Gasteiger partial charge in [-0.2, -0.15) is 0 Å². The number of hydrogen-bond acceptors (Lipinski definition) is 8. The Kier molecular flexibility index (Phi) is 21.8. The topological polar surface area (TPSA) is 138 Å². The maximum atomic E-state index is 13.7. The third-order valence-corrected chi connectivity index (χ3v) is 16.6. The molecule has 0 amide bonds. The number of rotatable bonds is 24. The molecule has 0 aromatic heterocycles. The molecule has 0 aliphatic carbocycles. The highest BCUT2D eigenvalue weighted by Gasteiger charge is 2.53. The van der Waals surface area contributed by atoms with Crippen LogP contribution < -0.4 is 16.1 Å². The number of hydrogen-bond donors (Lipinski definition) is 3. The molecule has 1 heterocycles. The second kappa shape index (κ2) is 25.6. The summed E-state index contributed by atoms with van der Waals surface area (Å²) in [4.78, 5) is 26.5. The van der Waals surface area contributed by atoms with Crippen molar-refractivity contribution in [1.29, 1.82) is 0 Å². The quantitative estimate of drug-likeness (QED) is 0.0348. The lowest BCUT2D eigenvalue weighted by Crippen LogP contribution is -2.67. The average molecular weight is 874 g/mol. The van der Waals surface area contributed by atoms with Gasteiger partial charge in [0.15, 0.2) is 11.4 Å². The Morgan fingerprint density at radius 3 is 1.69 bits per heavy atom. The summed E-state index contributed by atoms with van der Waals surface area (Å²) in [7, 11) is -3.01. The maximum absolute atomic E-state index is 13.7. The van der Waals surface area contributed by atoms with E-state index in [0.29, 0.717) is 19.6 Å². The monoisotopic (exact) mass is 874 g/mol. The fraction of sp³-hybridized carbons (Fsp3) is 0.577. The maximum Gasteiger partial charge on any atom is 0.339 e. The van der Waals surface area contributed by atoms with E-state index in [0.717, 1.165) is 55.3 Å². The molecule has 9 nitrogen and oxygen atoms in total. The number of nitrogens with two attached hydrogens (primary N) is 1. The Morgan fingerprint density at radius 1 is 0.774 bits per heavy atom. The van der Waals surface area contributed by atoms with Crippen molar-refractivity contribution in [1.82, 2.24) is 0 Å². The normalized spacial score (nSPS) is 16.2. The van der Waals surface area contributed by atoms with Gasteiger partial charge in [-0.1, -0.05) is 169 Å². The minimum Gasteiger partial charge on any atom is -0.481 e. The van der Waals surface area contributed by atoms with Gasteiger partial charge in [0.2, 0.25) is 0 Å². The van der Waals surface area contributed by atoms with Crippen LogP contribution in [-0.4, -0.2) is 67.3 Å². The Bertz CT molecular complexity index is 1690. The van der Waals surface area contributed by atoms with Crippen LogP contribution in [0.25, 0.3) is 0 Å². The van der Waals surface area contributed by atoms with Crippen molar-refractivity contribution in [2.45, 2.75) is 167 Å². The van der Waals surface area contributed by atoms with Crippen LogP contribution in [0.1, 0.15) is 150 Å². The van der Waals surface area contributed by atoms with Crippen molar-refractivity contribution in [3.8, 4) is 0 Å². The predicted molar refractivity (Wildman–Crippen MR) is 254 cm³/mol. The highest BCUT2D eigenvalue weighted by Crippen LogP contribution is 2.38. The van der Waals surface area contributed by atoms with Gasteiger partial charge < -0.3 is 34.6 Å². The smallest absolute Gasteiger partial charge is 0.339 e. The highest BCUT2D eigenvalue weighted by atomic mass is 28.4. The first-order valence-electron chi connectivity index (χ1n) is 23.1. The number of aliphatic hydroxyl groups is 1. The summed E-state index contributed by atoms with van der Waals surface area (Å²) in [6.07, 6.45) is 15.4. The van der Waals surface area contributed by atoms with Gasteiger partial charge in [-0.05, 0) is 74.4 Å². The number of carbonyl (C=O) groups excluding carboxylic acids is 1. The van der Waals surface area contributed by atoms with E-state index in [1.165, 1.54) is 37.3 Å². The third kappa shape index (κ3) is 16.2. The van der Waals surface area contributed by atoms with E-state index in [1.54, 1.807) is 26.8 Å². The van der Waals surface area contributed by atoms with E-state index in [-0.39, 0.29) is 24.1 Å². The molecule has 3 atom stereocenters. The molecule has 0 spiro atoms. The van der Waals surface area contributed by atoms with E-state index in [1.807, 2.05) is 73.7 Å². The lowest BCUT2D eigenvalue weighted by atomic mass is 9.83. The van der Waals surface area contributed by atoms with Crippen LogP contribution in [0.4, 0.5) is 0 Å². The van der Waals surface area contributed by atoms with Crippen molar-refractivity contribution >= 4 is 30.6 Å². The van der Waals surface area contributed by atoms with Gasteiger partial charge in [0.1, 0.15) is 11.5 Å². The Balaban J connectivity index is 0.00000100. The fourth-order valence-electron chi connectivity index (χ4n) is 8.23. The van der Waals surface area contributed by atoms with Crippen molar-refractivity contribution in [2.24, 2.45) is 11.7 Å². The number of esters is 1. The molecule has 1 aliphatic heterocycles. The lowest BCUT2D eigenvalue weighted by molar-refractivity contribution is -0.187. The summed E-state index contributed by atoms with van der Waals surface area (Å²) < 4.78 is 24.8. The highest BCUT2D eigenvalue weighted by molar-refractivity contribution is 6.99. The van der Waals surface area contributed by atoms with Gasteiger partial charge >= 0.3 is 11.9 Å². The Morgan fingerprint density at radius 2 is 1.26 bits per heavy atom. The molecule has 0 unspecified atom stereocenters. The molecule has 1 aliphatic rings. The summed E-state index contributed by atoms with van der Waals surface area (Å²) in [6, 6.07) is 30.4. The van der Waals surface area contributed by atoms with E-state index in [4.69, 9.17) is 24.4 Å². The summed E-state index contributed by atoms with van der Waals surface area (Å²) in [5.41, 5.74) is 3.52. The summed E-state index contributed by atoms with van der Waals surface area (Å²) in [5.74, 6) is -4.22. The molecule has 4 rings (SSSR count). The Labute approximate surface area is 374 Å². The molecule has 0 radical (unpaired) electrons. The van der Waals surface area contributed by atoms with Crippen LogP contribution in [0.2, 0.25) is 5.04 Å². The Hall–Kier alpha value is -3.64. The SMILES string of the molecule is CCCCCCCC1(CCCCCC/C=C/[C@H](C(=O)O)[C@@](O)(CCO[Si](c2ccccc2)(c2ccccc2)C(C)(C)C)C(=O)OC(C)(C)C)OCCO1.C[C@H](N)c1ccccc1. The molecular weight excluding hydrogens is 795 g/mol. The largest absolute Gasteiger partial charge is 0.481 e. The molecular formula is C52H79NO8Si. The van der Waals surface area contributed by atoms with Gasteiger partial charge in [0.05, 0.1) is 13.2 Å². The number of benzene rings is 3. The fourth-order valence-corrected chi connectivity index (χ4v) is 12.8. The lowest BCUT2D eigenvalue weighted by Gasteiger charge is -2.43. The molecule has 3 aromatic carbocycles. The minimum atomic E-state index is -3.01. The number of unbranched alkanes of at least 4 members (excludes halogenated alkanes) is 8. The van der Waals surface area contributed by atoms with Crippen molar-refractivity contribution in [2.75, 3.05) is 19.8 Å². The zero-order valence-corrected chi connectivity index (χ0v) is 40.2. The van der Waals surface area contributed by atoms with Crippen LogP contribution in [0.15, 0.2) is 103 Å². The van der Waals surface area contributed by atoms with Gasteiger partial charge in [-0.15, -0.1) is 0 Å². The summed E-state index contributed by atoms with van der Waals surface area (Å²) in [5, 5.41) is 24.3. The van der Waals surface area contributed by atoms with Gasteiger partial charge in [-0.3, -0.25) is 4.79 Å². The van der Waals surface area contributed by atoms with Crippen LogP contribution in [-0.2, 0) is 28.2 Å². The minimum absolute atomic E-state index is 0.0473. The average Bonchev–Trinajstić information content (AvgIpc) is 3.70. The van der Waals surface area contributed by atoms with E-state index in [2.05, 4.69) is 52.0 Å². The molecule has 4 N–H and O–H groups in total. The van der Waals surface area contributed by atoms with Crippen molar-refractivity contribution < 1.29 is 38.4 Å². The molecule has 0 bridgehead atoms. The molecule has 62 heavy (non-hydrogen) atoms. The van der Waals surface area contributed by atoms with Crippen molar-refractivity contribution in [3.63, 3.8) is 0 Å². The number of aliphatic carboxylic acids is 1. The van der Waals surface area contributed by atoms with Gasteiger partial charge in [-0.25, -0.2) is 4.79 Å². The molecule has 1 fully saturated rings. The number of carboxylic acids is 1. The molecule has 1 saturated heterocycles. The zero-order chi connectivity index (χ0) is 45.7. The van der Waals surface area contributed by atoms with E-state index in [9.17, 15) is 19.8 Å². The van der Waals surface area contributed by atoms with Gasteiger partial charge in [0.25, 0.3) is 8.32 Å². The zero-order valence-electron chi connectivity index (χ0n) is 39.2. The van der Waals surface area contributed by atoms with Crippen LogP contribution in [0.5, 0.6) is 0 Å². The molecule has 10 heteroatoms. The standard InChI is InChI=1S/C44H68O8Si.C8H11N/c1-8-9-10-14-23-30-43(49-34-35-50-43)31-24-15-12-11-13-22-29-38(39(45)46)44(48,40(47)52-41(2,3)4)32-33-51-53(42(5,6)7,36-25-18-16-19-26-36)37-27-20-17-21-28-37;1-7(9)8-5-3-2-4-6-8/h16-22,25-29,38,48H,8-15,23-24,30-35H2,1-7H3,(H,45,46);2-7H,9H2,1H3/b29-22+;/t38-,44+;7-/m10/s1. The van der Waals surface area contributed by atoms with Crippen LogP contribution >= 0.6 is 0 Å². The van der Waals surface area contributed by atoms with Crippen molar-refractivity contribution in [3.05, 3.63) is 109 Å².